The number of likely N-dealkylation sites (tertiary alicyclic amines) is 1. The van der Waals surface area contributed by atoms with Gasteiger partial charge in [-0.3, -0.25) is 9.59 Å². The number of hydrogen-bond donors (Lipinski definition) is 0. The van der Waals surface area contributed by atoms with Crippen LogP contribution in [0.4, 0.5) is 0 Å². The molecule has 0 atom stereocenters. The summed E-state index contributed by atoms with van der Waals surface area (Å²) in [6, 6.07) is 7.85. The molecule has 3 rings (SSSR count). The van der Waals surface area contributed by atoms with E-state index < -0.39 is 0 Å². The van der Waals surface area contributed by atoms with Crippen molar-refractivity contribution in [1.29, 1.82) is 0 Å². The maximum atomic E-state index is 12.5. The summed E-state index contributed by atoms with van der Waals surface area (Å²) in [6.07, 6.45) is 7.68. The Morgan fingerprint density at radius 1 is 1.12 bits per heavy atom. The van der Waals surface area contributed by atoms with Gasteiger partial charge in [-0.1, -0.05) is 40.2 Å². The second kappa shape index (κ2) is 9.47. The summed E-state index contributed by atoms with van der Waals surface area (Å²) in [5.41, 5.74) is 1.00. The zero-order chi connectivity index (χ0) is 18.4. The smallest absolute Gasteiger partial charge is 0.222 e. The van der Waals surface area contributed by atoms with Crippen LogP contribution in [0.3, 0.4) is 0 Å². The van der Waals surface area contributed by atoms with Gasteiger partial charge in [0.25, 0.3) is 0 Å². The van der Waals surface area contributed by atoms with E-state index in [1.807, 2.05) is 35.2 Å². The summed E-state index contributed by atoms with van der Waals surface area (Å²) in [5, 5.41) is 0. The summed E-state index contributed by atoms with van der Waals surface area (Å²) < 4.78 is 6.34. The number of hydrogen-bond acceptors (Lipinski definition) is 3. The van der Waals surface area contributed by atoms with E-state index in [1.54, 1.807) is 6.08 Å². The monoisotopic (exact) mass is 419 g/mol. The van der Waals surface area contributed by atoms with Crippen LogP contribution in [0.15, 0.2) is 34.8 Å². The Bertz CT molecular complexity index is 659. The minimum absolute atomic E-state index is 0.0286. The molecule has 0 aromatic heterocycles. The minimum Gasteiger partial charge on any atom is -0.381 e. The number of carbonyl (C=O) groups is 2. The van der Waals surface area contributed by atoms with Crippen LogP contribution >= 0.6 is 15.9 Å². The molecule has 1 aromatic rings. The van der Waals surface area contributed by atoms with Gasteiger partial charge in [0.2, 0.25) is 5.91 Å². The van der Waals surface area contributed by atoms with Crippen molar-refractivity contribution in [3.05, 3.63) is 40.4 Å². The van der Waals surface area contributed by atoms with Crippen molar-refractivity contribution in [3.8, 4) is 0 Å². The van der Waals surface area contributed by atoms with Crippen LogP contribution in [0.2, 0.25) is 0 Å². The van der Waals surface area contributed by atoms with Crippen LogP contribution in [0.25, 0.3) is 6.08 Å². The van der Waals surface area contributed by atoms with Gasteiger partial charge in [-0.25, -0.2) is 0 Å². The summed E-state index contributed by atoms with van der Waals surface area (Å²) in [4.78, 5) is 26.9. The third kappa shape index (κ3) is 5.27. The highest BCUT2D eigenvalue weighted by atomic mass is 79.9. The SMILES string of the molecule is O=C(C=Cc1ccccc1Br)C1CCN(C(=O)CC2CCOCC2)CC1. The van der Waals surface area contributed by atoms with E-state index in [2.05, 4.69) is 15.9 Å². The van der Waals surface area contributed by atoms with Gasteiger partial charge in [-0.15, -0.1) is 0 Å². The maximum Gasteiger partial charge on any atom is 0.222 e. The normalized spacial score (nSPS) is 19.8. The van der Waals surface area contributed by atoms with E-state index in [1.165, 1.54) is 0 Å². The fourth-order valence-corrected chi connectivity index (χ4v) is 4.08. The van der Waals surface area contributed by atoms with Crippen molar-refractivity contribution >= 4 is 33.7 Å². The lowest BCUT2D eigenvalue weighted by Crippen LogP contribution is -2.41. The first-order valence-corrected chi connectivity index (χ1v) is 10.2. The van der Waals surface area contributed by atoms with Gasteiger partial charge < -0.3 is 9.64 Å². The summed E-state index contributed by atoms with van der Waals surface area (Å²) in [6.45, 7) is 2.94. The second-order valence-corrected chi connectivity index (χ2v) is 8.03. The highest BCUT2D eigenvalue weighted by Crippen LogP contribution is 2.24. The molecule has 0 unspecified atom stereocenters. The van der Waals surface area contributed by atoms with Crippen molar-refractivity contribution in [2.24, 2.45) is 11.8 Å². The molecule has 4 nitrogen and oxygen atoms in total. The van der Waals surface area contributed by atoms with E-state index in [9.17, 15) is 9.59 Å². The average Bonchev–Trinajstić information content (AvgIpc) is 2.68. The highest BCUT2D eigenvalue weighted by Gasteiger charge is 2.27. The molecule has 1 aromatic carbocycles. The quantitative estimate of drug-likeness (QED) is 0.675. The third-order valence-corrected chi connectivity index (χ3v) is 6.11. The Morgan fingerprint density at radius 3 is 2.50 bits per heavy atom. The summed E-state index contributed by atoms with van der Waals surface area (Å²) >= 11 is 3.49. The van der Waals surface area contributed by atoms with Gasteiger partial charge in [0, 0.05) is 43.1 Å². The van der Waals surface area contributed by atoms with E-state index in [0.717, 1.165) is 48.9 Å². The van der Waals surface area contributed by atoms with Crippen LogP contribution < -0.4 is 0 Å². The molecule has 1 amide bonds. The molecule has 0 aliphatic carbocycles. The molecule has 0 spiro atoms. The number of piperidine rings is 1. The number of amides is 1. The molecular weight excluding hydrogens is 394 g/mol. The zero-order valence-corrected chi connectivity index (χ0v) is 16.6. The van der Waals surface area contributed by atoms with Crippen LogP contribution in [0, 0.1) is 11.8 Å². The molecule has 2 aliphatic heterocycles. The molecule has 0 radical (unpaired) electrons. The lowest BCUT2D eigenvalue weighted by molar-refractivity contribution is -0.135. The van der Waals surface area contributed by atoms with Crippen LogP contribution in [0.1, 0.15) is 37.7 Å². The Morgan fingerprint density at radius 2 is 1.81 bits per heavy atom. The van der Waals surface area contributed by atoms with Crippen molar-refractivity contribution in [1.82, 2.24) is 4.90 Å². The van der Waals surface area contributed by atoms with Crippen molar-refractivity contribution in [3.63, 3.8) is 0 Å². The molecule has 2 aliphatic rings. The topological polar surface area (TPSA) is 46.6 Å². The maximum absolute atomic E-state index is 12.5. The first-order valence-electron chi connectivity index (χ1n) is 9.45. The predicted octanol–water partition coefficient (Wildman–Crippen LogP) is 4.09. The van der Waals surface area contributed by atoms with E-state index in [0.29, 0.717) is 25.4 Å². The largest absolute Gasteiger partial charge is 0.381 e. The Labute approximate surface area is 163 Å². The molecule has 2 saturated heterocycles. The lowest BCUT2D eigenvalue weighted by Gasteiger charge is -2.32. The van der Waals surface area contributed by atoms with Crippen LogP contribution in [-0.2, 0) is 14.3 Å². The molecule has 26 heavy (non-hydrogen) atoms. The molecular formula is C21H26BrNO3. The van der Waals surface area contributed by atoms with Gasteiger partial charge in [0.1, 0.15) is 0 Å². The summed E-state index contributed by atoms with van der Waals surface area (Å²) in [5.74, 6) is 0.896. The molecule has 140 valence electrons. The van der Waals surface area contributed by atoms with E-state index in [4.69, 9.17) is 4.74 Å². The fourth-order valence-electron chi connectivity index (χ4n) is 3.66. The number of ketones is 1. The van der Waals surface area contributed by atoms with Gasteiger partial charge in [0.05, 0.1) is 0 Å². The average molecular weight is 420 g/mol. The van der Waals surface area contributed by atoms with Crippen LogP contribution in [-0.4, -0.2) is 42.9 Å². The molecule has 5 heteroatoms. The van der Waals surface area contributed by atoms with Gasteiger partial charge in [-0.05, 0) is 49.3 Å². The molecule has 2 fully saturated rings. The number of ether oxygens (including phenoxy) is 1. The zero-order valence-electron chi connectivity index (χ0n) is 15.0. The van der Waals surface area contributed by atoms with Crippen molar-refractivity contribution in [2.75, 3.05) is 26.3 Å². The molecule has 0 saturated carbocycles. The third-order valence-electron chi connectivity index (χ3n) is 5.39. The van der Waals surface area contributed by atoms with Gasteiger partial charge in [-0.2, -0.15) is 0 Å². The second-order valence-electron chi connectivity index (χ2n) is 7.17. The molecule has 2 heterocycles. The van der Waals surface area contributed by atoms with Crippen molar-refractivity contribution in [2.45, 2.75) is 32.1 Å². The number of halogens is 1. The predicted molar refractivity (Wildman–Crippen MR) is 106 cm³/mol. The Hall–Kier alpha value is -1.46. The molecule has 0 N–H and O–H groups in total. The van der Waals surface area contributed by atoms with Crippen LogP contribution in [0.5, 0.6) is 0 Å². The van der Waals surface area contributed by atoms with Gasteiger partial charge in [0.15, 0.2) is 5.78 Å². The first-order chi connectivity index (χ1) is 12.6. The number of benzene rings is 1. The number of carbonyl (C=O) groups excluding carboxylic acids is 2. The number of rotatable bonds is 5. The fraction of sp³-hybridized carbons (Fsp3) is 0.524. The lowest BCUT2D eigenvalue weighted by atomic mass is 9.90. The Balaban J connectivity index is 1.46. The highest BCUT2D eigenvalue weighted by molar-refractivity contribution is 9.10. The Kier molecular flexibility index (Phi) is 7.03. The van der Waals surface area contributed by atoms with E-state index >= 15 is 0 Å². The standard InChI is InChI=1S/C21H26BrNO3/c22-19-4-2-1-3-17(19)5-6-20(24)18-7-11-23(12-8-18)21(25)15-16-9-13-26-14-10-16/h1-6,16,18H,7-15H2. The number of allylic oxidation sites excluding steroid dienone is 1. The van der Waals surface area contributed by atoms with Gasteiger partial charge >= 0.3 is 0 Å². The summed E-state index contributed by atoms with van der Waals surface area (Å²) in [7, 11) is 0. The molecule has 0 bridgehead atoms. The van der Waals surface area contributed by atoms with E-state index in [-0.39, 0.29) is 17.6 Å². The van der Waals surface area contributed by atoms with Crippen molar-refractivity contribution < 1.29 is 14.3 Å². The minimum atomic E-state index is 0.0286. The number of nitrogens with zero attached hydrogens (tertiary/aromatic N) is 1. The first kappa shape index (κ1) is 19.3.